The van der Waals surface area contributed by atoms with Crippen molar-refractivity contribution < 1.29 is 23.7 Å². The number of benzene rings is 3. The molecule has 0 aromatic heterocycles. The van der Waals surface area contributed by atoms with Crippen LogP contribution < -0.4 is 23.7 Å². The van der Waals surface area contributed by atoms with Crippen LogP contribution in [0.4, 0.5) is 0 Å². The van der Waals surface area contributed by atoms with Crippen molar-refractivity contribution in [1.29, 1.82) is 0 Å². The van der Waals surface area contributed by atoms with Crippen LogP contribution in [-0.4, -0.2) is 28.1 Å². The summed E-state index contributed by atoms with van der Waals surface area (Å²) >= 11 is 0. The van der Waals surface area contributed by atoms with Crippen LogP contribution in [0.3, 0.4) is 0 Å². The van der Waals surface area contributed by atoms with E-state index in [-0.39, 0.29) is 6.79 Å². The van der Waals surface area contributed by atoms with E-state index in [9.17, 15) is 0 Å². The van der Waals surface area contributed by atoms with Crippen LogP contribution in [0.5, 0.6) is 28.7 Å². The molecular weight excluding hydrogens is 404 g/mol. The van der Waals surface area contributed by atoms with Crippen LogP contribution in [-0.2, 0) is 6.42 Å². The number of aryl methyl sites for hydroxylation is 2. The average Bonchev–Trinajstić information content (AvgIpc) is 3.28. The number of rotatable bonds is 7. The summed E-state index contributed by atoms with van der Waals surface area (Å²) in [6.07, 6.45) is 1.84. The molecule has 1 heterocycles. The summed E-state index contributed by atoms with van der Waals surface area (Å²) in [6.45, 7) is 6.47. The molecule has 32 heavy (non-hydrogen) atoms. The second kappa shape index (κ2) is 9.03. The standard InChI is InChI=1S/C27H30O5/c1-7-8-20-23(18-9-11-21(28-4)16(2)13-18)24(19-10-12-22(29-5)17(3)14-19)26(30-6)27-25(20)31-15-32-27/h9-14H,7-8,15H2,1-6H3. The molecule has 1 aliphatic rings. The minimum Gasteiger partial charge on any atom is -0.496 e. The van der Waals surface area contributed by atoms with Gasteiger partial charge in [0.15, 0.2) is 11.5 Å². The number of methoxy groups -OCH3 is 3. The number of hydrogen-bond donors (Lipinski definition) is 0. The zero-order valence-electron chi connectivity index (χ0n) is 19.6. The van der Waals surface area contributed by atoms with Crippen LogP contribution in [0.2, 0.25) is 0 Å². The van der Waals surface area contributed by atoms with Gasteiger partial charge in [0.1, 0.15) is 11.5 Å². The van der Waals surface area contributed by atoms with Gasteiger partial charge in [-0.2, -0.15) is 0 Å². The summed E-state index contributed by atoms with van der Waals surface area (Å²) in [7, 11) is 5.06. The fourth-order valence-electron chi connectivity index (χ4n) is 4.51. The molecule has 0 amide bonds. The molecule has 0 radical (unpaired) electrons. The van der Waals surface area contributed by atoms with Crippen molar-refractivity contribution in [2.45, 2.75) is 33.6 Å². The summed E-state index contributed by atoms with van der Waals surface area (Å²) in [6, 6.07) is 12.5. The molecule has 0 spiro atoms. The van der Waals surface area contributed by atoms with Crippen LogP contribution >= 0.6 is 0 Å². The van der Waals surface area contributed by atoms with E-state index >= 15 is 0 Å². The minimum absolute atomic E-state index is 0.189. The molecule has 3 aromatic rings. The van der Waals surface area contributed by atoms with E-state index in [1.165, 1.54) is 0 Å². The SMILES string of the molecule is CCCc1c2c(c(OC)c(-c3ccc(OC)c(C)c3)c1-c1ccc(OC)c(C)c1)OCO2. The molecule has 3 aromatic carbocycles. The van der Waals surface area contributed by atoms with Gasteiger partial charge in [-0.3, -0.25) is 0 Å². The highest BCUT2D eigenvalue weighted by atomic mass is 16.7. The molecule has 0 N–H and O–H groups in total. The van der Waals surface area contributed by atoms with Gasteiger partial charge in [0.2, 0.25) is 12.5 Å². The van der Waals surface area contributed by atoms with Crippen molar-refractivity contribution in [3.8, 4) is 51.0 Å². The van der Waals surface area contributed by atoms with Crippen molar-refractivity contribution in [2.75, 3.05) is 28.1 Å². The molecule has 168 valence electrons. The third-order valence-corrected chi connectivity index (χ3v) is 5.94. The Bertz CT molecular complexity index is 1150. The first kappa shape index (κ1) is 21.9. The smallest absolute Gasteiger partial charge is 0.231 e. The van der Waals surface area contributed by atoms with Crippen molar-refractivity contribution >= 4 is 0 Å². The monoisotopic (exact) mass is 434 g/mol. The summed E-state index contributed by atoms with van der Waals surface area (Å²) in [5, 5.41) is 0. The lowest BCUT2D eigenvalue weighted by Crippen LogP contribution is -2.01. The summed E-state index contributed by atoms with van der Waals surface area (Å²) < 4.78 is 28.8. The van der Waals surface area contributed by atoms with E-state index in [1.54, 1.807) is 21.3 Å². The molecule has 0 aliphatic carbocycles. The molecule has 5 heteroatoms. The zero-order valence-corrected chi connectivity index (χ0v) is 19.6. The molecule has 0 unspecified atom stereocenters. The maximum Gasteiger partial charge on any atom is 0.231 e. The molecule has 0 fully saturated rings. The average molecular weight is 435 g/mol. The third kappa shape index (κ3) is 3.62. The van der Waals surface area contributed by atoms with Crippen LogP contribution in [0.15, 0.2) is 36.4 Å². The molecule has 0 saturated heterocycles. The Morgan fingerprint density at radius 2 is 1.31 bits per heavy atom. The fourth-order valence-corrected chi connectivity index (χ4v) is 4.51. The van der Waals surface area contributed by atoms with E-state index in [1.807, 2.05) is 19.1 Å². The quantitative estimate of drug-likeness (QED) is 0.434. The van der Waals surface area contributed by atoms with Gasteiger partial charge in [0.05, 0.1) is 21.3 Å². The second-order valence-corrected chi connectivity index (χ2v) is 7.95. The Morgan fingerprint density at radius 3 is 1.81 bits per heavy atom. The Morgan fingerprint density at radius 1 is 0.750 bits per heavy atom. The number of hydrogen-bond acceptors (Lipinski definition) is 5. The van der Waals surface area contributed by atoms with E-state index in [4.69, 9.17) is 23.7 Å². The van der Waals surface area contributed by atoms with E-state index in [2.05, 4.69) is 38.1 Å². The second-order valence-electron chi connectivity index (χ2n) is 7.95. The maximum atomic E-state index is 5.97. The highest BCUT2D eigenvalue weighted by Crippen LogP contribution is 2.55. The first-order valence-electron chi connectivity index (χ1n) is 10.9. The first-order chi connectivity index (χ1) is 15.5. The highest BCUT2D eigenvalue weighted by Gasteiger charge is 2.31. The Labute approximate surface area is 189 Å². The van der Waals surface area contributed by atoms with Gasteiger partial charge in [-0.05, 0) is 66.8 Å². The van der Waals surface area contributed by atoms with Crippen molar-refractivity contribution in [1.82, 2.24) is 0 Å². The van der Waals surface area contributed by atoms with Gasteiger partial charge < -0.3 is 23.7 Å². The maximum absolute atomic E-state index is 5.97. The van der Waals surface area contributed by atoms with Gasteiger partial charge >= 0.3 is 0 Å². The molecule has 0 bridgehead atoms. The molecule has 1 aliphatic heterocycles. The van der Waals surface area contributed by atoms with Gasteiger partial charge in [-0.25, -0.2) is 0 Å². The topological polar surface area (TPSA) is 46.2 Å². The largest absolute Gasteiger partial charge is 0.496 e. The summed E-state index contributed by atoms with van der Waals surface area (Å²) in [5.41, 5.74) is 7.48. The van der Waals surface area contributed by atoms with Crippen LogP contribution in [0.1, 0.15) is 30.0 Å². The molecule has 5 nitrogen and oxygen atoms in total. The van der Waals surface area contributed by atoms with Crippen LogP contribution in [0.25, 0.3) is 22.3 Å². The van der Waals surface area contributed by atoms with Gasteiger partial charge in [-0.1, -0.05) is 25.5 Å². The predicted molar refractivity (Wildman–Crippen MR) is 127 cm³/mol. The van der Waals surface area contributed by atoms with E-state index in [0.29, 0.717) is 11.5 Å². The Hall–Kier alpha value is -3.34. The van der Waals surface area contributed by atoms with Crippen molar-refractivity contribution in [3.05, 3.63) is 53.1 Å². The van der Waals surface area contributed by atoms with Gasteiger partial charge in [0.25, 0.3) is 0 Å². The van der Waals surface area contributed by atoms with Gasteiger partial charge in [0, 0.05) is 16.7 Å². The predicted octanol–water partition coefficient (Wildman–Crippen LogP) is 6.34. The minimum atomic E-state index is 0.189. The number of ether oxygens (including phenoxy) is 5. The normalized spacial score (nSPS) is 12.1. The summed E-state index contributed by atoms with van der Waals surface area (Å²) in [4.78, 5) is 0. The van der Waals surface area contributed by atoms with E-state index in [0.717, 1.165) is 69.0 Å². The first-order valence-corrected chi connectivity index (χ1v) is 10.9. The molecule has 4 rings (SSSR count). The van der Waals surface area contributed by atoms with E-state index < -0.39 is 0 Å². The third-order valence-electron chi connectivity index (χ3n) is 5.94. The van der Waals surface area contributed by atoms with Crippen molar-refractivity contribution in [3.63, 3.8) is 0 Å². The van der Waals surface area contributed by atoms with Crippen molar-refractivity contribution in [2.24, 2.45) is 0 Å². The Balaban J connectivity index is 2.10. The zero-order chi connectivity index (χ0) is 22.8. The molecule has 0 saturated carbocycles. The highest BCUT2D eigenvalue weighted by molar-refractivity contribution is 5.95. The lowest BCUT2D eigenvalue weighted by Gasteiger charge is -2.22. The number of fused-ring (bicyclic) bond motifs is 1. The molecule has 0 atom stereocenters. The summed E-state index contributed by atoms with van der Waals surface area (Å²) in [5.74, 6) is 3.85. The molecular formula is C27H30O5. The Kier molecular flexibility index (Phi) is 6.17. The lowest BCUT2D eigenvalue weighted by atomic mass is 9.86. The van der Waals surface area contributed by atoms with Gasteiger partial charge in [-0.15, -0.1) is 0 Å². The lowest BCUT2D eigenvalue weighted by molar-refractivity contribution is 0.170. The fraction of sp³-hybridized carbons (Fsp3) is 0.333. The van der Waals surface area contributed by atoms with Crippen LogP contribution in [0, 0.1) is 13.8 Å².